The minimum Gasteiger partial charge on any atom is -0.444 e. The second-order valence-electron chi connectivity index (χ2n) is 10.1. The number of aromatic nitrogens is 2. The molecular weight excluding hydrogens is 425 g/mol. The number of likely N-dealkylation sites (tertiary alicyclic amines) is 1. The van der Waals surface area contributed by atoms with Gasteiger partial charge in [-0.1, -0.05) is 0 Å². The number of carbonyl (C=O) groups is 2. The normalized spacial score (nSPS) is 23.2. The molecule has 2 aromatic heterocycles. The number of halogens is 3. The Morgan fingerprint density at radius 1 is 1.09 bits per heavy atom. The SMILES string of the molecule is CC(C)(C)OC(=O)N1CC2C(C1)C2C(=O)NC(C)(C)c1ncc2ccc(C(F)(F)F)cn12. The fourth-order valence-corrected chi connectivity index (χ4v) is 4.46. The smallest absolute Gasteiger partial charge is 0.417 e. The molecule has 10 heteroatoms. The molecule has 0 radical (unpaired) electrons. The van der Waals surface area contributed by atoms with E-state index in [2.05, 4.69) is 10.3 Å². The lowest BCUT2D eigenvalue weighted by Crippen LogP contribution is -2.45. The van der Waals surface area contributed by atoms with Crippen molar-refractivity contribution >= 4 is 17.5 Å². The van der Waals surface area contributed by atoms with Gasteiger partial charge in [0.15, 0.2) is 0 Å². The van der Waals surface area contributed by atoms with Gasteiger partial charge < -0.3 is 19.4 Å². The minimum absolute atomic E-state index is 0.0622. The number of pyridine rings is 1. The third kappa shape index (κ3) is 4.14. The molecule has 1 saturated heterocycles. The molecule has 2 aliphatic rings. The summed E-state index contributed by atoms with van der Waals surface area (Å²) >= 11 is 0. The quantitative estimate of drug-likeness (QED) is 0.768. The van der Waals surface area contributed by atoms with Crippen molar-refractivity contribution in [1.82, 2.24) is 19.6 Å². The third-order valence-electron chi connectivity index (χ3n) is 6.00. The predicted octanol–water partition coefficient (Wildman–Crippen LogP) is 3.82. The lowest BCUT2D eigenvalue weighted by Gasteiger charge is -2.27. The number of ether oxygens (including phenoxy) is 1. The number of nitrogens with zero attached hydrogens (tertiary/aromatic N) is 3. The van der Waals surface area contributed by atoms with Crippen molar-refractivity contribution in [3.8, 4) is 0 Å². The Hall–Kier alpha value is -2.78. The highest BCUT2D eigenvalue weighted by atomic mass is 19.4. The van der Waals surface area contributed by atoms with Gasteiger partial charge in [0.25, 0.3) is 0 Å². The van der Waals surface area contributed by atoms with E-state index in [0.717, 1.165) is 12.3 Å². The van der Waals surface area contributed by atoms with E-state index in [4.69, 9.17) is 4.74 Å². The summed E-state index contributed by atoms with van der Waals surface area (Å²) in [5.74, 6) is 0.0231. The summed E-state index contributed by atoms with van der Waals surface area (Å²) in [4.78, 5) is 31.1. The highest BCUT2D eigenvalue weighted by Crippen LogP contribution is 2.52. The van der Waals surface area contributed by atoms with Crippen LogP contribution in [0.4, 0.5) is 18.0 Å². The maximum atomic E-state index is 13.1. The van der Waals surface area contributed by atoms with Gasteiger partial charge in [0.1, 0.15) is 11.4 Å². The van der Waals surface area contributed by atoms with Gasteiger partial charge in [-0.3, -0.25) is 4.79 Å². The van der Waals surface area contributed by atoms with Gasteiger partial charge in [-0.2, -0.15) is 13.2 Å². The number of hydrogen-bond acceptors (Lipinski definition) is 4. The minimum atomic E-state index is -4.48. The molecular formula is C22H27F3N4O3. The Balaban J connectivity index is 1.43. The van der Waals surface area contributed by atoms with E-state index in [1.165, 1.54) is 16.7 Å². The van der Waals surface area contributed by atoms with Crippen LogP contribution in [0.15, 0.2) is 24.5 Å². The summed E-state index contributed by atoms with van der Waals surface area (Å²) in [5.41, 5.74) is -1.85. The van der Waals surface area contributed by atoms with Crippen LogP contribution in [0.25, 0.3) is 5.52 Å². The number of carbonyl (C=O) groups excluding carboxylic acids is 2. The van der Waals surface area contributed by atoms with E-state index in [1.807, 2.05) is 0 Å². The Labute approximate surface area is 183 Å². The van der Waals surface area contributed by atoms with Crippen LogP contribution in [-0.2, 0) is 21.2 Å². The Morgan fingerprint density at radius 2 is 1.72 bits per heavy atom. The molecule has 1 saturated carbocycles. The maximum Gasteiger partial charge on any atom is 0.417 e. The third-order valence-corrected chi connectivity index (χ3v) is 6.00. The Bertz CT molecular complexity index is 1060. The number of imidazole rings is 1. The zero-order valence-electron chi connectivity index (χ0n) is 18.7. The summed E-state index contributed by atoms with van der Waals surface area (Å²) < 4.78 is 46.2. The van der Waals surface area contributed by atoms with Crippen LogP contribution >= 0.6 is 0 Å². The van der Waals surface area contributed by atoms with Gasteiger partial charge >= 0.3 is 12.3 Å². The molecule has 7 nitrogen and oxygen atoms in total. The average Bonchev–Trinajstić information content (AvgIpc) is 3.00. The molecule has 2 fully saturated rings. The van der Waals surface area contributed by atoms with Crippen molar-refractivity contribution in [3.63, 3.8) is 0 Å². The first kappa shape index (κ1) is 22.4. The maximum absolute atomic E-state index is 13.1. The molecule has 0 spiro atoms. The molecule has 4 rings (SSSR count). The van der Waals surface area contributed by atoms with Crippen LogP contribution in [0.2, 0.25) is 0 Å². The van der Waals surface area contributed by atoms with E-state index in [-0.39, 0.29) is 29.8 Å². The molecule has 1 N–H and O–H groups in total. The first-order valence-corrected chi connectivity index (χ1v) is 10.5. The van der Waals surface area contributed by atoms with Crippen LogP contribution in [0.1, 0.15) is 46.0 Å². The predicted molar refractivity (Wildman–Crippen MR) is 110 cm³/mol. The van der Waals surface area contributed by atoms with E-state index in [0.29, 0.717) is 24.4 Å². The van der Waals surface area contributed by atoms with Crippen molar-refractivity contribution in [2.24, 2.45) is 17.8 Å². The summed E-state index contributed by atoms with van der Waals surface area (Å²) in [5, 5.41) is 2.94. The number of nitrogens with one attached hydrogen (secondary N) is 1. The molecule has 32 heavy (non-hydrogen) atoms. The molecule has 174 valence electrons. The summed E-state index contributed by atoms with van der Waals surface area (Å²) in [6.07, 6.45) is -2.38. The fourth-order valence-electron chi connectivity index (χ4n) is 4.46. The van der Waals surface area contributed by atoms with Crippen molar-refractivity contribution < 1.29 is 27.5 Å². The lowest BCUT2D eigenvalue weighted by molar-refractivity contribution is -0.138. The standard InChI is InChI=1S/C22H27F3N4O3/c1-20(2,3)32-19(31)28-10-14-15(11-28)16(14)17(30)27-21(4,5)18-26-8-13-7-6-12(9-29(13)18)22(23,24)25/h6-9,14-16H,10-11H2,1-5H3,(H,27,30). The van der Waals surface area contributed by atoms with Gasteiger partial charge in [0.2, 0.25) is 5.91 Å². The fraction of sp³-hybridized carbons (Fsp3) is 0.591. The lowest BCUT2D eigenvalue weighted by atomic mass is 10.0. The van der Waals surface area contributed by atoms with E-state index in [9.17, 15) is 22.8 Å². The molecule has 1 aliphatic heterocycles. The van der Waals surface area contributed by atoms with Crippen LogP contribution in [0.3, 0.4) is 0 Å². The van der Waals surface area contributed by atoms with Gasteiger partial charge in [-0.05, 0) is 58.6 Å². The summed E-state index contributed by atoms with van der Waals surface area (Å²) in [6, 6.07) is 2.36. The molecule has 2 unspecified atom stereocenters. The first-order valence-electron chi connectivity index (χ1n) is 10.5. The number of fused-ring (bicyclic) bond motifs is 2. The van der Waals surface area contributed by atoms with Crippen LogP contribution in [0, 0.1) is 17.8 Å². The van der Waals surface area contributed by atoms with Crippen molar-refractivity contribution in [2.45, 2.75) is 51.9 Å². The number of rotatable bonds is 3. The van der Waals surface area contributed by atoms with Gasteiger partial charge in [0.05, 0.1) is 22.8 Å². The summed E-state index contributed by atoms with van der Waals surface area (Å²) in [6.45, 7) is 9.75. The molecule has 2 amide bonds. The van der Waals surface area contributed by atoms with E-state index in [1.54, 1.807) is 39.5 Å². The zero-order valence-corrected chi connectivity index (χ0v) is 18.7. The highest BCUT2D eigenvalue weighted by molar-refractivity contribution is 5.84. The number of amides is 2. The van der Waals surface area contributed by atoms with Crippen LogP contribution in [-0.4, -0.2) is 45.0 Å². The molecule has 2 aromatic rings. The van der Waals surface area contributed by atoms with Gasteiger partial charge in [-0.25, -0.2) is 9.78 Å². The number of hydrogen-bond donors (Lipinski definition) is 1. The van der Waals surface area contributed by atoms with Gasteiger partial charge in [-0.15, -0.1) is 0 Å². The summed E-state index contributed by atoms with van der Waals surface area (Å²) in [7, 11) is 0. The van der Waals surface area contributed by atoms with E-state index >= 15 is 0 Å². The number of alkyl halides is 3. The largest absolute Gasteiger partial charge is 0.444 e. The average molecular weight is 452 g/mol. The van der Waals surface area contributed by atoms with Crippen LogP contribution < -0.4 is 5.32 Å². The highest BCUT2D eigenvalue weighted by Gasteiger charge is 2.61. The molecule has 3 heterocycles. The Kier molecular flexibility index (Phi) is 4.98. The molecule has 1 aliphatic carbocycles. The van der Waals surface area contributed by atoms with Crippen molar-refractivity contribution in [3.05, 3.63) is 35.9 Å². The first-order chi connectivity index (χ1) is 14.7. The monoisotopic (exact) mass is 452 g/mol. The topological polar surface area (TPSA) is 75.9 Å². The second kappa shape index (κ2) is 7.11. The molecule has 0 bridgehead atoms. The number of piperidine rings is 1. The molecule has 0 aromatic carbocycles. The van der Waals surface area contributed by atoms with Crippen molar-refractivity contribution in [1.29, 1.82) is 0 Å². The Morgan fingerprint density at radius 3 is 2.28 bits per heavy atom. The van der Waals surface area contributed by atoms with E-state index < -0.39 is 22.9 Å². The second-order valence-corrected chi connectivity index (χ2v) is 10.1. The van der Waals surface area contributed by atoms with Gasteiger partial charge in [0, 0.05) is 25.2 Å². The van der Waals surface area contributed by atoms with Crippen LogP contribution in [0.5, 0.6) is 0 Å². The zero-order chi connectivity index (χ0) is 23.6. The molecule has 2 atom stereocenters. The van der Waals surface area contributed by atoms with Crippen molar-refractivity contribution in [2.75, 3.05) is 13.1 Å².